The molecule has 2 N–H and O–H groups in total. The van der Waals surface area contributed by atoms with Crippen LogP contribution in [0.3, 0.4) is 0 Å². The number of nitrogens with zero attached hydrogens (tertiary/aromatic N) is 1. The lowest BCUT2D eigenvalue weighted by molar-refractivity contribution is 0.0706. The monoisotopic (exact) mass is 394 g/mol. The van der Waals surface area contributed by atoms with Gasteiger partial charge in [0.25, 0.3) is 11.8 Å². The summed E-state index contributed by atoms with van der Waals surface area (Å²) in [5.74, 6) is -0.798. The summed E-state index contributed by atoms with van der Waals surface area (Å²) in [5, 5.41) is 9.81. The molecular weight excluding hydrogens is 372 g/mol. The van der Waals surface area contributed by atoms with Gasteiger partial charge in [-0.2, -0.15) is 0 Å². The van der Waals surface area contributed by atoms with Gasteiger partial charge in [0.2, 0.25) is 0 Å². The van der Waals surface area contributed by atoms with Crippen molar-refractivity contribution in [3.63, 3.8) is 0 Å². The topological polar surface area (TPSA) is 78.8 Å². The van der Waals surface area contributed by atoms with Gasteiger partial charge >= 0.3 is 0 Å². The minimum Gasteiger partial charge on any atom is -0.288 e. The zero-order valence-electron chi connectivity index (χ0n) is 15.8. The largest absolute Gasteiger partial charge is 0.288 e. The van der Waals surface area contributed by atoms with Crippen molar-refractivity contribution in [1.29, 1.82) is 0 Å². The van der Waals surface area contributed by atoms with Crippen molar-refractivity contribution in [2.24, 2.45) is 4.99 Å². The van der Waals surface area contributed by atoms with Crippen molar-refractivity contribution < 1.29 is 14.8 Å². The quantitative estimate of drug-likeness (QED) is 0.346. The van der Waals surface area contributed by atoms with E-state index in [1.807, 2.05) is 43.3 Å². The van der Waals surface area contributed by atoms with E-state index in [-0.39, 0.29) is 11.8 Å². The zero-order valence-corrected chi connectivity index (χ0v) is 16.6. The van der Waals surface area contributed by atoms with E-state index < -0.39 is 5.91 Å². The van der Waals surface area contributed by atoms with Crippen LogP contribution in [0.1, 0.15) is 56.8 Å². The highest BCUT2D eigenvalue weighted by atomic mass is 32.1. The van der Waals surface area contributed by atoms with E-state index in [0.717, 1.165) is 34.1 Å². The van der Waals surface area contributed by atoms with E-state index in [1.54, 1.807) is 23.8 Å². The smallest absolute Gasteiger partial charge is 0.287 e. The predicted molar refractivity (Wildman–Crippen MR) is 113 cm³/mol. The Hall–Kier alpha value is -2.83. The normalized spacial score (nSPS) is 12.4. The molecule has 0 aliphatic rings. The van der Waals surface area contributed by atoms with Gasteiger partial charge in [0.1, 0.15) is 0 Å². The molecule has 2 aromatic carbocycles. The molecular formula is C22H22N2O3S. The van der Waals surface area contributed by atoms with Crippen molar-refractivity contribution in [3.8, 4) is 0 Å². The Morgan fingerprint density at radius 2 is 1.89 bits per heavy atom. The molecule has 3 rings (SSSR count). The molecule has 5 nitrogen and oxygen atoms in total. The molecule has 0 aliphatic carbocycles. The lowest BCUT2D eigenvalue weighted by atomic mass is 9.94. The van der Waals surface area contributed by atoms with Gasteiger partial charge in [0.05, 0.1) is 4.88 Å². The number of hydrogen-bond acceptors (Lipinski definition) is 4. The maximum atomic E-state index is 12.7. The summed E-state index contributed by atoms with van der Waals surface area (Å²) in [6, 6.07) is 14.9. The number of rotatable bonds is 6. The Morgan fingerprint density at radius 3 is 2.54 bits per heavy atom. The van der Waals surface area contributed by atoms with Crippen LogP contribution in [0.4, 0.5) is 0 Å². The molecule has 1 atom stereocenters. The molecule has 0 fully saturated rings. The highest BCUT2D eigenvalue weighted by Gasteiger charge is 2.16. The Labute approximate surface area is 167 Å². The van der Waals surface area contributed by atoms with Crippen molar-refractivity contribution in [1.82, 2.24) is 5.48 Å². The number of aliphatic imine (C=N–C) groups is 1. The summed E-state index contributed by atoms with van der Waals surface area (Å²) in [5.41, 5.74) is 3.93. The number of benzene rings is 2. The van der Waals surface area contributed by atoms with E-state index in [0.29, 0.717) is 10.4 Å². The van der Waals surface area contributed by atoms with Gasteiger partial charge in [-0.1, -0.05) is 43.7 Å². The summed E-state index contributed by atoms with van der Waals surface area (Å²) in [7, 11) is 0. The standard InChI is InChI=1S/C22H22N2O3S/c1-3-6-17(15-9-11-16(12-10-15)21(25)24-27)13-23-22(26)20-14(2)18-7-4-5-8-19(18)28-20/h4-5,7-13,17,27H,3,6H2,1-2H3,(H,24,25). The summed E-state index contributed by atoms with van der Waals surface area (Å²) in [4.78, 5) is 29.1. The van der Waals surface area contributed by atoms with Crippen molar-refractivity contribution >= 4 is 39.5 Å². The van der Waals surface area contributed by atoms with Crippen LogP contribution in [0.2, 0.25) is 0 Å². The molecule has 6 heteroatoms. The van der Waals surface area contributed by atoms with E-state index in [2.05, 4.69) is 11.9 Å². The maximum absolute atomic E-state index is 12.7. The first-order valence-corrected chi connectivity index (χ1v) is 9.97. The van der Waals surface area contributed by atoms with Gasteiger partial charge in [-0.25, -0.2) is 10.5 Å². The van der Waals surface area contributed by atoms with Gasteiger partial charge in [-0.15, -0.1) is 11.3 Å². The van der Waals surface area contributed by atoms with Crippen molar-refractivity contribution in [3.05, 3.63) is 70.1 Å². The zero-order chi connectivity index (χ0) is 20.1. The number of carbonyl (C=O) groups is 2. The minimum atomic E-state index is -0.553. The van der Waals surface area contributed by atoms with Crippen molar-refractivity contribution in [2.75, 3.05) is 0 Å². The van der Waals surface area contributed by atoms with Crippen LogP contribution in [-0.2, 0) is 0 Å². The van der Waals surface area contributed by atoms with E-state index in [1.165, 1.54) is 11.3 Å². The van der Waals surface area contributed by atoms with Gasteiger partial charge in [0, 0.05) is 22.4 Å². The van der Waals surface area contributed by atoms with Crippen LogP contribution in [0.15, 0.2) is 53.5 Å². The lowest BCUT2D eigenvalue weighted by Gasteiger charge is -2.12. The van der Waals surface area contributed by atoms with Crippen LogP contribution < -0.4 is 5.48 Å². The lowest BCUT2D eigenvalue weighted by Crippen LogP contribution is -2.18. The summed E-state index contributed by atoms with van der Waals surface area (Å²) < 4.78 is 1.08. The fourth-order valence-corrected chi connectivity index (χ4v) is 4.28. The van der Waals surface area contributed by atoms with Crippen LogP contribution in [0.25, 0.3) is 10.1 Å². The molecule has 28 heavy (non-hydrogen) atoms. The fourth-order valence-electron chi connectivity index (χ4n) is 3.18. The molecule has 0 saturated heterocycles. The number of amides is 2. The predicted octanol–water partition coefficient (Wildman–Crippen LogP) is 5.12. The molecule has 3 aromatic rings. The highest BCUT2D eigenvalue weighted by Crippen LogP contribution is 2.31. The Morgan fingerprint density at radius 1 is 1.18 bits per heavy atom. The Bertz CT molecular complexity index is 1020. The average molecular weight is 394 g/mol. The summed E-state index contributed by atoms with van der Waals surface area (Å²) in [6.45, 7) is 4.03. The number of carbonyl (C=O) groups excluding carboxylic acids is 2. The van der Waals surface area contributed by atoms with E-state index >= 15 is 0 Å². The molecule has 0 bridgehead atoms. The number of aryl methyl sites for hydroxylation is 1. The SMILES string of the molecule is CCCC(C=NC(=O)c1sc2ccccc2c1C)c1ccc(C(=O)NO)cc1. The fraction of sp³-hybridized carbons (Fsp3) is 0.227. The number of hydroxylamine groups is 1. The molecule has 1 heterocycles. The first kappa shape index (κ1) is 19.9. The summed E-state index contributed by atoms with van der Waals surface area (Å²) >= 11 is 1.47. The molecule has 1 unspecified atom stereocenters. The molecule has 144 valence electrons. The van der Waals surface area contributed by atoms with Gasteiger partial charge in [-0.05, 0) is 48.1 Å². The van der Waals surface area contributed by atoms with Crippen LogP contribution >= 0.6 is 11.3 Å². The third kappa shape index (κ3) is 4.18. The molecule has 0 radical (unpaired) electrons. The third-order valence-electron chi connectivity index (χ3n) is 4.71. The number of nitrogens with one attached hydrogen (secondary N) is 1. The molecule has 0 spiro atoms. The molecule has 0 aliphatic heterocycles. The Balaban J connectivity index is 1.83. The van der Waals surface area contributed by atoms with Gasteiger partial charge in [0.15, 0.2) is 0 Å². The molecule has 0 saturated carbocycles. The average Bonchev–Trinajstić information content (AvgIpc) is 3.07. The van der Waals surface area contributed by atoms with Crippen LogP contribution in [-0.4, -0.2) is 23.2 Å². The number of hydrogen-bond donors (Lipinski definition) is 2. The van der Waals surface area contributed by atoms with Gasteiger partial charge < -0.3 is 0 Å². The minimum absolute atomic E-state index is 0.0186. The van der Waals surface area contributed by atoms with Crippen LogP contribution in [0.5, 0.6) is 0 Å². The second-order valence-corrected chi connectivity index (χ2v) is 7.65. The summed E-state index contributed by atoms with van der Waals surface area (Å²) in [6.07, 6.45) is 3.48. The second kappa shape index (κ2) is 8.91. The number of thiophene rings is 1. The molecule has 1 aromatic heterocycles. The third-order valence-corrected chi connectivity index (χ3v) is 5.97. The first-order valence-electron chi connectivity index (χ1n) is 9.16. The molecule has 2 amide bonds. The first-order chi connectivity index (χ1) is 13.5. The highest BCUT2D eigenvalue weighted by molar-refractivity contribution is 7.21. The van der Waals surface area contributed by atoms with Gasteiger partial charge in [-0.3, -0.25) is 14.8 Å². The van der Waals surface area contributed by atoms with Crippen molar-refractivity contribution in [2.45, 2.75) is 32.6 Å². The second-order valence-electron chi connectivity index (χ2n) is 6.59. The number of fused-ring (bicyclic) bond motifs is 1. The Kier molecular flexibility index (Phi) is 6.34. The van der Waals surface area contributed by atoms with E-state index in [9.17, 15) is 9.59 Å². The van der Waals surface area contributed by atoms with E-state index in [4.69, 9.17) is 5.21 Å². The maximum Gasteiger partial charge on any atom is 0.287 e. The van der Waals surface area contributed by atoms with Crippen LogP contribution in [0, 0.1) is 6.92 Å².